The summed E-state index contributed by atoms with van der Waals surface area (Å²) in [5.74, 6) is -0.304. The van der Waals surface area contributed by atoms with Crippen LogP contribution in [0, 0.1) is 0 Å². The van der Waals surface area contributed by atoms with E-state index in [1.807, 2.05) is 54.6 Å². The highest BCUT2D eigenvalue weighted by atomic mass is 19.4. The van der Waals surface area contributed by atoms with Gasteiger partial charge in [-0.2, -0.15) is 13.2 Å². The third kappa shape index (κ3) is 5.39. The van der Waals surface area contributed by atoms with Crippen LogP contribution < -0.4 is 10.6 Å². The Morgan fingerprint density at radius 2 is 1.58 bits per heavy atom. The van der Waals surface area contributed by atoms with Gasteiger partial charge in [0.05, 0.1) is 11.1 Å². The van der Waals surface area contributed by atoms with Crippen molar-refractivity contribution in [1.29, 1.82) is 0 Å². The molecule has 2 N–H and O–H groups in total. The number of carbonyl (C=O) groups is 1. The first-order valence-electron chi connectivity index (χ1n) is 11.6. The van der Waals surface area contributed by atoms with Crippen molar-refractivity contribution in [3.05, 3.63) is 116 Å². The van der Waals surface area contributed by atoms with Crippen LogP contribution in [0.3, 0.4) is 0 Å². The maximum Gasteiger partial charge on any atom is 0.416 e. The Labute approximate surface area is 216 Å². The number of carbonyl (C=O) groups excluding carboxylic acids is 1. The molecule has 38 heavy (non-hydrogen) atoms. The van der Waals surface area contributed by atoms with Crippen molar-refractivity contribution in [2.45, 2.75) is 6.18 Å². The zero-order valence-corrected chi connectivity index (χ0v) is 20.0. The zero-order chi connectivity index (χ0) is 26.7. The SMILES string of the molecule is C=CC(=O)Nc1cccc(-c2cc(-c3ccc(Nc4cccc(C(F)(F)F)c4)cc3)cc3cncnc23)c1. The van der Waals surface area contributed by atoms with Gasteiger partial charge in [0.15, 0.2) is 0 Å². The van der Waals surface area contributed by atoms with Crippen LogP contribution in [-0.4, -0.2) is 15.9 Å². The van der Waals surface area contributed by atoms with Crippen molar-refractivity contribution < 1.29 is 18.0 Å². The summed E-state index contributed by atoms with van der Waals surface area (Å²) in [4.78, 5) is 20.4. The van der Waals surface area contributed by atoms with E-state index in [-0.39, 0.29) is 5.91 Å². The molecule has 0 aliphatic heterocycles. The fourth-order valence-electron chi connectivity index (χ4n) is 4.13. The maximum absolute atomic E-state index is 13.0. The number of hydrogen-bond acceptors (Lipinski definition) is 4. The van der Waals surface area contributed by atoms with Crippen molar-refractivity contribution >= 4 is 33.9 Å². The summed E-state index contributed by atoms with van der Waals surface area (Å²) in [5, 5.41) is 6.64. The Morgan fingerprint density at radius 1 is 0.816 bits per heavy atom. The molecule has 1 amide bonds. The van der Waals surface area contributed by atoms with E-state index < -0.39 is 11.7 Å². The zero-order valence-electron chi connectivity index (χ0n) is 20.0. The molecule has 0 spiro atoms. The summed E-state index contributed by atoms with van der Waals surface area (Å²) < 4.78 is 39.1. The van der Waals surface area contributed by atoms with E-state index in [4.69, 9.17) is 0 Å². The van der Waals surface area contributed by atoms with Crippen LogP contribution >= 0.6 is 0 Å². The van der Waals surface area contributed by atoms with Gasteiger partial charge < -0.3 is 10.6 Å². The highest BCUT2D eigenvalue weighted by Gasteiger charge is 2.30. The summed E-state index contributed by atoms with van der Waals surface area (Å²) in [6.07, 6.45) is 0.0304. The van der Waals surface area contributed by atoms with Crippen LogP contribution in [0.5, 0.6) is 0 Å². The predicted molar refractivity (Wildman–Crippen MR) is 144 cm³/mol. The fourth-order valence-corrected chi connectivity index (χ4v) is 4.13. The van der Waals surface area contributed by atoms with Crippen LogP contribution in [0.15, 0.2) is 110 Å². The number of rotatable bonds is 6. The number of amides is 1. The lowest BCUT2D eigenvalue weighted by molar-refractivity contribution is -0.137. The topological polar surface area (TPSA) is 66.9 Å². The molecule has 0 unspecified atom stereocenters. The highest BCUT2D eigenvalue weighted by molar-refractivity contribution is 6.01. The molecule has 1 aromatic heterocycles. The molecular formula is C30H21F3N4O. The molecular weight excluding hydrogens is 489 g/mol. The van der Waals surface area contributed by atoms with E-state index in [2.05, 4.69) is 27.2 Å². The number of halogens is 3. The number of aromatic nitrogens is 2. The van der Waals surface area contributed by atoms with Gasteiger partial charge in [0.25, 0.3) is 0 Å². The number of nitrogens with zero attached hydrogens (tertiary/aromatic N) is 2. The lowest BCUT2D eigenvalue weighted by atomic mass is 9.95. The third-order valence-electron chi connectivity index (χ3n) is 5.93. The number of alkyl halides is 3. The van der Waals surface area contributed by atoms with Crippen LogP contribution in [0.1, 0.15) is 5.56 Å². The van der Waals surface area contributed by atoms with Crippen molar-refractivity contribution in [2.24, 2.45) is 0 Å². The van der Waals surface area contributed by atoms with E-state index in [0.29, 0.717) is 17.1 Å². The molecule has 0 bridgehead atoms. The maximum atomic E-state index is 13.0. The average molecular weight is 511 g/mol. The lowest BCUT2D eigenvalue weighted by Gasteiger charge is -2.13. The third-order valence-corrected chi connectivity index (χ3v) is 5.93. The molecule has 0 fully saturated rings. The van der Waals surface area contributed by atoms with Gasteiger partial charge >= 0.3 is 6.18 Å². The fraction of sp³-hybridized carbons (Fsp3) is 0.0333. The second-order valence-corrected chi connectivity index (χ2v) is 8.54. The molecule has 4 aromatic carbocycles. The van der Waals surface area contributed by atoms with Gasteiger partial charge in [0, 0.05) is 34.2 Å². The summed E-state index contributed by atoms with van der Waals surface area (Å²) >= 11 is 0. The Bertz CT molecular complexity index is 1650. The van der Waals surface area contributed by atoms with E-state index in [1.165, 1.54) is 18.5 Å². The number of nitrogens with one attached hydrogen (secondary N) is 2. The number of anilines is 3. The molecule has 0 atom stereocenters. The van der Waals surface area contributed by atoms with Gasteiger partial charge in [0.1, 0.15) is 6.33 Å². The molecule has 0 aliphatic carbocycles. The molecule has 0 radical (unpaired) electrons. The van der Waals surface area contributed by atoms with Crippen molar-refractivity contribution in [1.82, 2.24) is 9.97 Å². The minimum absolute atomic E-state index is 0.304. The first-order valence-corrected chi connectivity index (χ1v) is 11.6. The van der Waals surface area contributed by atoms with E-state index in [9.17, 15) is 18.0 Å². The summed E-state index contributed by atoms with van der Waals surface area (Å²) in [5.41, 5.74) is 5.23. The number of fused-ring (bicyclic) bond motifs is 1. The monoisotopic (exact) mass is 510 g/mol. The average Bonchev–Trinajstić information content (AvgIpc) is 2.92. The molecule has 1 heterocycles. The first-order chi connectivity index (χ1) is 18.3. The second kappa shape index (κ2) is 10.2. The van der Waals surface area contributed by atoms with Gasteiger partial charge in [-0.05, 0) is 77.4 Å². The van der Waals surface area contributed by atoms with Crippen LogP contribution in [0.25, 0.3) is 33.2 Å². The molecule has 0 aliphatic rings. The van der Waals surface area contributed by atoms with Crippen LogP contribution in [0.4, 0.5) is 30.2 Å². The van der Waals surface area contributed by atoms with Gasteiger partial charge in [-0.25, -0.2) is 9.97 Å². The molecule has 5 rings (SSSR count). The Balaban J connectivity index is 1.48. The summed E-state index contributed by atoms with van der Waals surface area (Å²) in [6, 6.07) is 23.9. The van der Waals surface area contributed by atoms with Gasteiger partial charge in [-0.3, -0.25) is 4.79 Å². The van der Waals surface area contributed by atoms with Crippen LogP contribution in [0.2, 0.25) is 0 Å². The minimum Gasteiger partial charge on any atom is -0.356 e. The Kier molecular flexibility index (Phi) is 6.62. The molecule has 5 aromatic rings. The standard InChI is InChI=1S/C30H21F3N4O/c1-2-28(38)37-25-7-3-5-20(14-25)27-15-21(13-22-17-34-18-35-29(22)27)19-9-11-24(12-10-19)36-26-8-4-6-23(16-26)30(31,32)33/h2-18,36H,1H2,(H,37,38). The highest BCUT2D eigenvalue weighted by Crippen LogP contribution is 2.35. The van der Waals surface area contributed by atoms with Crippen molar-refractivity contribution in [3.63, 3.8) is 0 Å². The minimum atomic E-state index is -4.41. The molecule has 188 valence electrons. The van der Waals surface area contributed by atoms with Crippen molar-refractivity contribution in [2.75, 3.05) is 10.6 Å². The van der Waals surface area contributed by atoms with E-state index in [1.54, 1.807) is 18.3 Å². The molecule has 0 saturated carbocycles. The number of hydrogen-bond donors (Lipinski definition) is 2. The first kappa shape index (κ1) is 24.7. The predicted octanol–water partition coefficient (Wildman–Crippen LogP) is 7.85. The summed E-state index contributed by atoms with van der Waals surface area (Å²) in [7, 11) is 0. The Hall–Kier alpha value is -4.98. The smallest absolute Gasteiger partial charge is 0.356 e. The largest absolute Gasteiger partial charge is 0.416 e. The van der Waals surface area contributed by atoms with Crippen LogP contribution in [-0.2, 0) is 11.0 Å². The molecule has 5 nitrogen and oxygen atoms in total. The summed E-state index contributed by atoms with van der Waals surface area (Å²) in [6.45, 7) is 3.49. The molecule has 0 saturated heterocycles. The van der Waals surface area contributed by atoms with Crippen molar-refractivity contribution in [3.8, 4) is 22.3 Å². The van der Waals surface area contributed by atoms with E-state index >= 15 is 0 Å². The van der Waals surface area contributed by atoms with E-state index in [0.717, 1.165) is 45.3 Å². The van der Waals surface area contributed by atoms with Gasteiger partial charge in [-0.15, -0.1) is 0 Å². The molecule has 8 heteroatoms. The second-order valence-electron chi connectivity index (χ2n) is 8.54. The Morgan fingerprint density at radius 3 is 2.34 bits per heavy atom. The number of benzene rings is 4. The van der Waals surface area contributed by atoms with Gasteiger partial charge in [0.2, 0.25) is 5.91 Å². The lowest BCUT2D eigenvalue weighted by Crippen LogP contribution is -2.07. The normalized spacial score (nSPS) is 11.2. The van der Waals surface area contributed by atoms with Gasteiger partial charge in [-0.1, -0.05) is 36.9 Å². The quantitative estimate of drug-likeness (QED) is 0.228.